The number of ether oxygens (including phenoxy) is 3. The van der Waals surface area contributed by atoms with E-state index in [1.165, 1.54) is 33.1 Å². The van der Waals surface area contributed by atoms with Gasteiger partial charge in [0.2, 0.25) is 11.6 Å². The molecule has 0 radical (unpaired) electrons. The topological polar surface area (TPSA) is 83.7 Å². The van der Waals surface area contributed by atoms with Gasteiger partial charge in [0.25, 0.3) is 5.22 Å². The Kier molecular flexibility index (Phi) is 6.43. The fraction of sp³-hybridized carbons (Fsp3) is 0.286. The molecule has 0 saturated carbocycles. The van der Waals surface area contributed by atoms with E-state index in [2.05, 4.69) is 10.2 Å². The summed E-state index contributed by atoms with van der Waals surface area (Å²) >= 11 is 1.22. The van der Waals surface area contributed by atoms with Gasteiger partial charge in [0, 0.05) is 11.1 Å². The predicted octanol–water partition coefficient (Wildman–Crippen LogP) is 4.43. The number of carbonyl (C=O) groups excluding carboxylic acids is 1. The van der Waals surface area contributed by atoms with Crippen LogP contribution in [0.1, 0.15) is 22.8 Å². The lowest BCUT2D eigenvalue weighted by molar-refractivity contribution is 0.0993. The first-order valence-electron chi connectivity index (χ1n) is 8.88. The molecule has 7 nitrogen and oxygen atoms in total. The van der Waals surface area contributed by atoms with Gasteiger partial charge in [-0.25, -0.2) is 0 Å². The number of methoxy groups -OCH3 is 3. The average Bonchev–Trinajstić information content (AvgIpc) is 3.21. The first kappa shape index (κ1) is 20.7. The van der Waals surface area contributed by atoms with Gasteiger partial charge in [-0.05, 0) is 26.0 Å². The van der Waals surface area contributed by atoms with E-state index in [0.717, 1.165) is 5.56 Å². The van der Waals surface area contributed by atoms with Crippen molar-refractivity contribution in [3.05, 3.63) is 47.5 Å². The Labute approximate surface area is 173 Å². The van der Waals surface area contributed by atoms with Crippen LogP contribution in [0.5, 0.6) is 17.2 Å². The van der Waals surface area contributed by atoms with Gasteiger partial charge in [-0.1, -0.05) is 41.6 Å². The zero-order valence-electron chi connectivity index (χ0n) is 16.9. The van der Waals surface area contributed by atoms with E-state index in [-0.39, 0.29) is 11.0 Å². The number of benzene rings is 2. The highest BCUT2D eigenvalue weighted by Crippen LogP contribution is 2.41. The van der Waals surface area contributed by atoms with Crippen LogP contribution >= 0.6 is 11.8 Å². The predicted molar refractivity (Wildman–Crippen MR) is 110 cm³/mol. The molecule has 0 unspecified atom stereocenters. The SMILES string of the molecule is COc1cc(-c2nnc(S[C@H](C)C(=O)c3ccc(C)cc3)o2)cc(OC)c1OC. The lowest BCUT2D eigenvalue weighted by atomic mass is 10.1. The molecule has 0 fully saturated rings. The molecule has 0 spiro atoms. The van der Waals surface area contributed by atoms with Crippen molar-refractivity contribution < 1.29 is 23.4 Å². The Morgan fingerprint density at radius 3 is 2.17 bits per heavy atom. The quantitative estimate of drug-likeness (QED) is 0.395. The molecule has 3 rings (SSSR count). The van der Waals surface area contributed by atoms with E-state index >= 15 is 0 Å². The third kappa shape index (κ3) is 4.54. The molecule has 152 valence electrons. The molecular formula is C21H22N2O5S. The van der Waals surface area contributed by atoms with Crippen molar-refractivity contribution >= 4 is 17.5 Å². The van der Waals surface area contributed by atoms with Gasteiger partial charge in [-0.2, -0.15) is 0 Å². The van der Waals surface area contributed by atoms with Crippen molar-refractivity contribution in [2.24, 2.45) is 0 Å². The lowest BCUT2D eigenvalue weighted by Gasteiger charge is -2.12. The first-order valence-corrected chi connectivity index (χ1v) is 9.76. The normalized spacial score (nSPS) is 11.8. The second-order valence-corrected chi connectivity index (χ2v) is 7.57. The molecular weight excluding hydrogens is 392 g/mol. The van der Waals surface area contributed by atoms with E-state index in [1.807, 2.05) is 38.1 Å². The van der Waals surface area contributed by atoms with Gasteiger partial charge < -0.3 is 18.6 Å². The maximum atomic E-state index is 12.6. The lowest BCUT2D eigenvalue weighted by Crippen LogP contribution is -2.13. The molecule has 0 aliphatic carbocycles. The highest BCUT2D eigenvalue weighted by molar-refractivity contribution is 8.00. The summed E-state index contributed by atoms with van der Waals surface area (Å²) in [5.41, 5.74) is 2.38. The summed E-state index contributed by atoms with van der Waals surface area (Å²) in [4.78, 5) is 12.6. The van der Waals surface area contributed by atoms with Gasteiger partial charge >= 0.3 is 0 Å². The Morgan fingerprint density at radius 2 is 1.62 bits per heavy atom. The van der Waals surface area contributed by atoms with Crippen molar-refractivity contribution in [1.82, 2.24) is 10.2 Å². The Hall–Kier alpha value is -3.00. The third-order valence-corrected chi connectivity index (χ3v) is 5.24. The molecule has 0 N–H and O–H groups in total. The van der Waals surface area contributed by atoms with Gasteiger partial charge in [-0.3, -0.25) is 4.79 Å². The summed E-state index contributed by atoms with van der Waals surface area (Å²) in [6.07, 6.45) is 0. The van der Waals surface area contributed by atoms with Gasteiger partial charge in [0.15, 0.2) is 17.3 Å². The summed E-state index contributed by atoms with van der Waals surface area (Å²) < 4.78 is 21.8. The Bertz CT molecular complexity index is 976. The largest absolute Gasteiger partial charge is 0.493 e. The van der Waals surface area contributed by atoms with E-state index in [0.29, 0.717) is 39.5 Å². The number of rotatable bonds is 8. The third-order valence-electron chi connectivity index (χ3n) is 4.30. The number of carbonyl (C=O) groups is 1. The number of aryl methyl sites for hydroxylation is 1. The molecule has 0 saturated heterocycles. The monoisotopic (exact) mass is 414 g/mol. The average molecular weight is 414 g/mol. The van der Waals surface area contributed by atoms with Crippen LogP contribution in [0.15, 0.2) is 46.0 Å². The smallest absolute Gasteiger partial charge is 0.277 e. The van der Waals surface area contributed by atoms with Crippen LogP contribution in [0.3, 0.4) is 0 Å². The van der Waals surface area contributed by atoms with Crippen LogP contribution in [0.25, 0.3) is 11.5 Å². The maximum absolute atomic E-state index is 12.6. The fourth-order valence-corrected chi connectivity index (χ4v) is 3.50. The van der Waals surface area contributed by atoms with Crippen LogP contribution in [0.4, 0.5) is 0 Å². The maximum Gasteiger partial charge on any atom is 0.277 e. The van der Waals surface area contributed by atoms with Crippen LogP contribution in [0.2, 0.25) is 0 Å². The van der Waals surface area contributed by atoms with E-state index < -0.39 is 0 Å². The fourth-order valence-electron chi connectivity index (χ4n) is 2.74. The number of aromatic nitrogens is 2. The molecule has 8 heteroatoms. The van der Waals surface area contributed by atoms with Crippen LogP contribution in [-0.4, -0.2) is 42.6 Å². The van der Waals surface area contributed by atoms with Gasteiger partial charge in [0.05, 0.1) is 26.6 Å². The van der Waals surface area contributed by atoms with E-state index in [1.54, 1.807) is 12.1 Å². The van der Waals surface area contributed by atoms with E-state index in [9.17, 15) is 4.79 Å². The van der Waals surface area contributed by atoms with E-state index in [4.69, 9.17) is 18.6 Å². The number of thioether (sulfide) groups is 1. The van der Waals surface area contributed by atoms with Crippen molar-refractivity contribution in [2.75, 3.05) is 21.3 Å². The Balaban J connectivity index is 1.80. The molecule has 1 heterocycles. The molecule has 0 amide bonds. The second kappa shape index (κ2) is 9.00. The van der Waals surface area contributed by atoms with Crippen LogP contribution in [-0.2, 0) is 0 Å². The molecule has 0 aliphatic rings. The number of Topliss-reactive ketones (excluding diaryl/α,β-unsaturated/α-hetero) is 1. The molecule has 0 aliphatic heterocycles. The van der Waals surface area contributed by atoms with Crippen molar-refractivity contribution in [3.8, 4) is 28.7 Å². The number of hydrogen-bond acceptors (Lipinski definition) is 8. The molecule has 29 heavy (non-hydrogen) atoms. The molecule has 3 aromatic rings. The molecule has 1 aromatic heterocycles. The first-order chi connectivity index (χ1) is 14.0. The van der Waals surface area contributed by atoms with Crippen molar-refractivity contribution in [1.29, 1.82) is 0 Å². The number of ketones is 1. The van der Waals surface area contributed by atoms with Crippen molar-refractivity contribution in [3.63, 3.8) is 0 Å². The minimum Gasteiger partial charge on any atom is -0.493 e. The molecule has 1 atom stereocenters. The summed E-state index contributed by atoms with van der Waals surface area (Å²) in [6, 6.07) is 10.9. The Morgan fingerprint density at radius 1 is 1.00 bits per heavy atom. The zero-order valence-corrected chi connectivity index (χ0v) is 17.7. The summed E-state index contributed by atoms with van der Waals surface area (Å²) in [5.74, 6) is 1.74. The minimum absolute atomic E-state index is 0.00235. The number of nitrogens with zero attached hydrogens (tertiary/aromatic N) is 2. The second-order valence-electron chi connectivity index (χ2n) is 6.28. The van der Waals surface area contributed by atoms with Crippen LogP contribution < -0.4 is 14.2 Å². The summed E-state index contributed by atoms with van der Waals surface area (Å²) in [6.45, 7) is 3.80. The highest BCUT2D eigenvalue weighted by atomic mass is 32.2. The molecule has 0 bridgehead atoms. The van der Waals surface area contributed by atoms with Crippen LogP contribution in [0, 0.1) is 6.92 Å². The molecule has 2 aromatic carbocycles. The van der Waals surface area contributed by atoms with Gasteiger partial charge in [-0.15, -0.1) is 10.2 Å². The minimum atomic E-state index is -0.369. The van der Waals surface area contributed by atoms with Gasteiger partial charge in [0.1, 0.15) is 0 Å². The summed E-state index contributed by atoms with van der Waals surface area (Å²) in [5, 5.41) is 8.08. The summed E-state index contributed by atoms with van der Waals surface area (Å²) in [7, 11) is 4.61. The standard InChI is InChI=1S/C21H22N2O5S/c1-12-6-8-14(9-7-12)18(24)13(2)29-21-23-22-20(28-21)15-10-16(25-3)19(27-5)17(11-15)26-4/h6-11,13H,1-5H3/t13-/m1/s1. The highest BCUT2D eigenvalue weighted by Gasteiger charge is 2.21. The van der Waals surface area contributed by atoms with Crippen molar-refractivity contribution in [2.45, 2.75) is 24.3 Å². The zero-order chi connectivity index (χ0) is 21.0. The number of hydrogen-bond donors (Lipinski definition) is 0.